The molecule has 37 heavy (non-hydrogen) atoms. The van der Waals surface area contributed by atoms with Crippen LogP contribution in [0.15, 0.2) is 35.8 Å². The number of hydrogen-bond acceptors (Lipinski definition) is 8. The third-order valence-electron chi connectivity index (χ3n) is 7.46. The smallest absolute Gasteiger partial charge is 0.391 e. The van der Waals surface area contributed by atoms with Crippen LogP contribution in [-0.2, 0) is 0 Å². The molecule has 1 aliphatic carbocycles. The number of imidazole rings is 1. The number of nitrogen functional groups attached to an aromatic ring is 1. The molecule has 0 bridgehead atoms. The lowest BCUT2D eigenvalue weighted by atomic mass is 9.94. The molecular formula is C26H28N6O3S2. The molecule has 3 atom stereocenters. The number of aromatic nitrogens is 3. The number of amides is 2. The number of nitrogens with zero attached hydrogens (tertiary/aromatic N) is 4. The van der Waals surface area contributed by atoms with E-state index in [4.69, 9.17) is 10.5 Å². The minimum atomic E-state index is -0.553. The fourth-order valence-corrected chi connectivity index (χ4v) is 7.39. The monoisotopic (exact) mass is 536 g/mol. The van der Waals surface area contributed by atoms with Crippen molar-refractivity contribution in [3.05, 3.63) is 52.8 Å². The summed E-state index contributed by atoms with van der Waals surface area (Å²) in [6, 6.07) is 7.88. The lowest BCUT2D eigenvalue weighted by Gasteiger charge is -2.28. The molecule has 4 heterocycles. The molecule has 4 aromatic rings. The lowest BCUT2D eigenvalue weighted by Crippen LogP contribution is -2.46. The third kappa shape index (κ3) is 4.36. The van der Waals surface area contributed by atoms with Gasteiger partial charge in [0.25, 0.3) is 5.91 Å². The number of fused-ring (bicyclic) bond motifs is 2. The van der Waals surface area contributed by atoms with Gasteiger partial charge in [0.2, 0.25) is 5.88 Å². The summed E-state index contributed by atoms with van der Waals surface area (Å²) >= 11 is 2.81. The van der Waals surface area contributed by atoms with Gasteiger partial charge in [-0.2, -0.15) is 0 Å². The molecule has 0 spiro atoms. The van der Waals surface area contributed by atoms with E-state index in [2.05, 4.69) is 15.3 Å². The van der Waals surface area contributed by atoms with Crippen molar-refractivity contribution in [2.24, 2.45) is 11.8 Å². The zero-order valence-electron chi connectivity index (χ0n) is 20.6. The molecule has 1 saturated heterocycles. The van der Waals surface area contributed by atoms with Crippen molar-refractivity contribution in [1.82, 2.24) is 24.6 Å². The molecule has 1 aromatic carbocycles. The van der Waals surface area contributed by atoms with Gasteiger partial charge < -0.3 is 20.7 Å². The molecule has 0 unspecified atom stereocenters. The lowest BCUT2D eigenvalue weighted by molar-refractivity contribution is 0.0706. The Hall–Kier alpha value is -3.44. The van der Waals surface area contributed by atoms with E-state index < -0.39 is 6.09 Å². The number of thiazole rings is 2. The van der Waals surface area contributed by atoms with Gasteiger partial charge in [0, 0.05) is 24.7 Å². The van der Waals surface area contributed by atoms with E-state index >= 15 is 0 Å². The molecule has 192 valence electrons. The maximum absolute atomic E-state index is 13.9. The molecule has 0 radical (unpaired) electrons. The SMILES string of the molecule is Cc1cccc(-c2sc(N)nc2C(=O)N2C[C@@H]3CCC[C@@H]3[C@H]2CNC(=O)Oc2c(C)nc3sccn23)c1. The van der Waals surface area contributed by atoms with E-state index in [-0.39, 0.29) is 11.9 Å². The number of anilines is 1. The number of ether oxygens (including phenoxy) is 1. The van der Waals surface area contributed by atoms with E-state index in [0.717, 1.165) is 40.2 Å². The van der Waals surface area contributed by atoms with Gasteiger partial charge in [-0.25, -0.2) is 14.8 Å². The number of carbonyl (C=O) groups excluding carboxylic acids is 2. The van der Waals surface area contributed by atoms with Crippen molar-refractivity contribution >= 4 is 44.8 Å². The Morgan fingerprint density at radius 1 is 1.24 bits per heavy atom. The van der Waals surface area contributed by atoms with Crippen LogP contribution in [0, 0.1) is 25.7 Å². The second kappa shape index (κ2) is 9.46. The molecule has 3 aromatic heterocycles. The van der Waals surface area contributed by atoms with Crippen LogP contribution in [0.5, 0.6) is 5.88 Å². The standard InChI is InChI=1S/C26H28N6O3S2/c1-14-5-3-6-16(11-14)21-20(30-24(27)37-21)22(33)32-13-17-7-4-8-18(17)19(32)12-28-26(34)35-23-15(2)29-25-31(23)9-10-36-25/h3,5-6,9-11,17-19H,4,7-8,12-13H2,1-2H3,(H2,27,30)(H,28,34)/t17-,18-,19+/m0/s1. The van der Waals surface area contributed by atoms with Gasteiger partial charge in [0.1, 0.15) is 11.4 Å². The summed E-state index contributed by atoms with van der Waals surface area (Å²) in [5.41, 5.74) is 9.16. The third-order valence-corrected chi connectivity index (χ3v) is 9.15. The summed E-state index contributed by atoms with van der Waals surface area (Å²) in [6.45, 7) is 4.81. The molecule has 2 amide bonds. The van der Waals surface area contributed by atoms with E-state index in [1.54, 1.807) is 4.40 Å². The second-order valence-electron chi connectivity index (χ2n) is 9.81. The second-order valence-corrected chi connectivity index (χ2v) is 11.7. The summed E-state index contributed by atoms with van der Waals surface area (Å²) in [5.74, 6) is 1.04. The zero-order chi connectivity index (χ0) is 25.7. The highest BCUT2D eigenvalue weighted by atomic mass is 32.1. The van der Waals surface area contributed by atoms with Crippen LogP contribution in [0.1, 0.15) is 41.0 Å². The van der Waals surface area contributed by atoms with Crippen molar-refractivity contribution in [3.8, 4) is 16.3 Å². The number of aryl methyl sites for hydroxylation is 2. The van der Waals surface area contributed by atoms with Crippen LogP contribution in [0.4, 0.5) is 9.93 Å². The molecular weight excluding hydrogens is 508 g/mol. The van der Waals surface area contributed by atoms with E-state index in [9.17, 15) is 9.59 Å². The summed E-state index contributed by atoms with van der Waals surface area (Å²) in [6.07, 6.45) is 4.54. The first kappa shape index (κ1) is 23.9. The Morgan fingerprint density at radius 3 is 2.95 bits per heavy atom. The highest BCUT2D eigenvalue weighted by Gasteiger charge is 2.47. The summed E-state index contributed by atoms with van der Waals surface area (Å²) in [4.78, 5) is 39.0. The molecule has 3 N–H and O–H groups in total. The van der Waals surface area contributed by atoms with Gasteiger partial charge in [-0.15, -0.1) is 11.3 Å². The average Bonchev–Trinajstić information content (AvgIpc) is 3.67. The first-order valence-electron chi connectivity index (χ1n) is 12.4. The van der Waals surface area contributed by atoms with Crippen LogP contribution < -0.4 is 15.8 Å². The number of carbonyl (C=O) groups is 2. The molecule has 2 fully saturated rings. The first-order chi connectivity index (χ1) is 17.9. The van der Waals surface area contributed by atoms with Crippen molar-refractivity contribution in [3.63, 3.8) is 0 Å². The molecule has 2 aliphatic rings. The topological polar surface area (TPSA) is 115 Å². The highest BCUT2D eigenvalue weighted by Crippen LogP contribution is 2.43. The molecule has 6 rings (SSSR count). The zero-order valence-corrected chi connectivity index (χ0v) is 22.3. The average molecular weight is 537 g/mol. The molecule has 1 saturated carbocycles. The van der Waals surface area contributed by atoms with Gasteiger partial charge in [-0.1, -0.05) is 47.6 Å². The quantitative estimate of drug-likeness (QED) is 0.381. The van der Waals surface area contributed by atoms with E-state index in [1.807, 2.05) is 54.6 Å². The van der Waals surface area contributed by atoms with Gasteiger partial charge in [0.15, 0.2) is 10.1 Å². The molecule has 9 nitrogen and oxygen atoms in total. The first-order valence-corrected chi connectivity index (χ1v) is 14.1. The molecule has 11 heteroatoms. The van der Waals surface area contributed by atoms with Crippen LogP contribution in [-0.4, -0.2) is 50.4 Å². The number of nitrogens with one attached hydrogen (secondary N) is 1. The van der Waals surface area contributed by atoms with Crippen molar-refractivity contribution < 1.29 is 14.3 Å². The Balaban J connectivity index is 1.22. The molecule has 1 aliphatic heterocycles. The Kier molecular flexibility index (Phi) is 6.12. The Bertz CT molecular complexity index is 1490. The fourth-order valence-electron chi connectivity index (χ4n) is 5.82. The van der Waals surface area contributed by atoms with Crippen LogP contribution >= 0.6 is 22.7 Å². The van der Waals surface area contributed by atoms with Crippen molar-refractivity contribution in [1.29, 1.82) is 0 Å². The minimum absolute atomic E-state index is 0.131. The van der Waals surface area contributed by atoms with Gasteiger partial charge >= 0.3 is 6.09 Å². The number of likely N-dealkylation sites (tertiary alicyclic amines) is 1. The van der Waals surface area contributed by atoms with Gasteiger partial charge in [-0.05, 0) is 44.1 Å². The van der Waals surface area contributed by atoms with E-state index in [1.165, 1.54) is 22.7 Å². The maximum atomic E-state index is 13.9. The van der Waals surface area contributed by atoms with Gasteiger partial charge in [-0.3, -0.25) is 9.20 Å². The number of rotatable bonds is 5. The number of benzene rings is 1. The van der Waals surface area contributed by atoms with Crippen LogP contribution in [0.25, 0.3) is 15.4 Å². The Labute approximate surface area is 222 Å². The van der Waals surface area contributed by atoms with Crippen molar-refractivity contribution in [2.75, 3.05) is 18.8 Å². The minimum Gasteiger partial charge on any atom is -0.391 e. The van der Waals surface area contributed by atoms with Gasteiger partial charge in [0.05, 0.1) is 10.9 Å². The van der Waals surface area contributed by atoms with Crippen LogP contribution in [0.3, 0.4) is 0 Å². The predicted octanol–water partition coefficient (Wildman–Crippen LogP) is 4.75. The summed E-state index contributed by atoms with van der Waals surface area (Å²) < 4.78 is 7.39. The van der Waals surface area contributed by atoms with Crippen LogP contribution in [0.2, 0.25) is 0 Å². The summed E-state index contributed by atoms with van der Waals surface area (Å²) in [7, 11) is 0. The summed E-state index contributed by atoms with van der Waals surface area (Å²) in [5, 5.41) is 5.18. The van der Waals surface area contributed by atoms with Crippen molar-refractivity contribution in [2.45, 2.75) is 39.2 Å². The fraction of sp³-hybridized carbons (Fsp3) is 0.385. The Morgan fingerprint density at radius 2 is 2.11 bits per heavy atom. The number of hydrogen-bond donors (Lipinski definition) is 2. The van der Waals surface area contributed by atoms with E-state index in [0.29, 0.717) is 47.3 Å². The normalized spacial score (nSPS) is 20.9. The number of nitrogens with two attached hydrogens (primary N) is 1. The predicted molar refractivity (Wildman–Crippen MR) is 144 cm³/mol. The highest BCUT2D eigenvalue weighted by molar-refractivity contribution is 7.19. The largest absolute Gasteiger partial charge is 0.414 e. The maximum Gasteiger partial charge on any atom is 0.414 e.